The zero-order valence-corrected chi connectivity index (χ0v) is 11.5. The van der Waals surface area contributed by atoms with Crippen molar-refractivity contribution in [2.45, 2.75) is 19.8 Å². The molecule has 1 nitrogen and oxygen atoms in total. The molecule has 0 bridgehead atoms. The molecular weight excluding hydrogens is 250 g/mol. The lowest BCUT2D eigenvalue weighted by molar-refractivity contribution is -0.912. The van der Waals surface area contributed by atoms with Gasteiger partial charge >= 0.3 is 0 Å². The molecule has 0 aromatic rings. The summed E-state index contributed by atoms with van der Waals surface area (Å²) in [4.78, 5) is 0. The molecule has 0 fully saturated rings. The first kappa shape index (κ1) is 17.1. The van der Waals surface area contributed by atoms with E-state index >= 15 is 0 Å². The van der Waals surface area contributed by atoms with E-state index in [1.54, 1.807) is 0 Å². The van der Waals surface area contributed by atoms with Crippen molar-refractivity contribution in [3.63, 3.8) is 0 Å². The molecule has 2 heteroatoms. The average molecular weight is 274 g/mol. The van der Waals surface area contributed by atoms with Crippen molar-refractivity contribution < 1.29 is 21.5 Å². The second-order valence-electron chi connectivity index (χ2n) is 3.83. The highest BCUT2D eigenvalue weighted by Crippen LogP contribution is 2.10. The summed E-state index contributed by atoms with van der Waals surface area (Å²) in [6, 6.07) is 0. The van der Waals surface area contributed by atoms with E-state index in [1.807, 2.05) is 18.2 Å². The number of nitrogens with zero attached hydrogens (tertiary/aromatic N) is 1. The van der Waals surface area contributed by atoms with E-state index in [9.17, 15) is 0 Å². The van der Waals surface area contributed by atoms with E-state index in [1.165, 1.54) is 19.4 Å². The Bertz CT molecular complexity index is 160. The minimum Gasteiger partial charge on any atom is -1.00 e. The van der Waals surface area contributed by atoms with Crippen molar-refractivity contribution in [1.29, 1.82) is 0 Å². The molecule has 0 amide bonds. The van der Waals surface area contributed by atoms with E-state index in [0.29, 0.717) is 0 Å². The molecule has 0 N–H and O–H groups in total. The van der Waals surface area contributed by atoms with Crippen LogP contribution in [0.2, 0.25) is 0 Å². The average Bonchev–Trinajstić information content (AvgIpc) is 2.16. The Morgan fingerprint density at radius 3 is 1.60 bits per heavy atom. The predicted octanol–water partition coefficient (Wildman–Crippen LogP) is 0.165. The summed E-state index contributed by atoms with van der Waals surface area (Å²) < 4.78 is 1.03. The lowest BCUT2D eigenvalue weighted by atomic mass is 10.2. The molecule has 0 aromatic carbocycles. The van der Waals surface area contributed by atoms with Crippen LogP contribution in [0.4, 0.5) is 0 Å². The molecule has 0 radical (unpaired) electrons. The first-order chi connectivity index (χ1) is 6.74. The Morgan fingerprint density at radius 2 is 1.33 bits per heavy atom. The van der Waals surface area contributed by atoms with Gasteiger partial charge in [0.2, 0.25) is 0 Å². The zero-order valence-electron chi connectivity index (χ0n) is 9.92. The summed E-state index contributed by atoms with van der Waals surface area (Å²) >= 11 is 0. The highest BCUT2D eigenvalue weighted by molar-refractivity contribution is 4.76. The molecular formula is C13H24BrN. The van der Waals surface area contributed by atoms with Crippen molar-refractivity contribution in [2.24, 2.45) is 0 Å². The lowest BCUT2D eigenvalue weighted by Crippen LogP contribution is -3.00. The highest BCUT2D eigenvalue weighted by atomic mass is 79.9. The Balaban J connectivity index is 0. The summed E-state index contributed by atoms with van der Waals surface area (Å²) in [5.74, 6) is 0. The minimum atomic E-state index is 0. The number of halogens is 1. The smallest absolute Gasteiger partial charge is 0.0975 e. The standard InChI is InChI=1S/C13H24N.BrH/c1-5-9-13-14(10-6-2,11-7-3)12-8-4;/h6-8H,2-5,9-13H2,1H3;1H/q+1;/p-1. The van der Waals surface area contributed by atoms with Gasteiger partial charge in [0, 0.05) is 0 Å². The quantitative estimate of drug-likeness (QED) is 0.415. The molecule has 15 heavy (non-hydrogen) atoms. The monoisotopic (exact) mass is 273 g/mol. The van der Waals surface area contributed by atoms with E-state index < -0.39 is 0 Å². The zero-order chi connectivity index (χ0) is 10.9. The molecule has 0 aromatic heterocycles. The van der Waals surface area contributed by atoms with Gasteiger partial charge in [-0.1, -0.05) is 33.1 Å². The molecule has 0 aliphatic heterocycles. The number of unbranched alkanes of at least 4 members (excludes halogenated alkanes) is 1. The molecule has 0 aliphatic rings. The minimum absolute atomic E-state index is 0. The van der Waals surface area contributed by atoms with Gasteiger partial charge < -0.3 is 21.5 Å². The molecule has 0 heterocycles. The Morgan fingerprint density at radius 1 is 0.933 bits per heavy atom. The van der Waals surface area contributed by atoms with Gasteiger partial charge in [0.1, 0.15) is 0 Å². The maximum Gasteiger partial charge on any atom is 0.0975 e. The van der Waals surface area contributed by atoms with Crippen LogP contribution in [0.1, 0.15) is 19.8 Å². The predicted molar refractivity (Wildman–Crippen MR) is 65.2 cm³/mol. The topological polar surface area (TPSA) is 0 Å². The number of quaternary nitrogens is 1. The summed E-state index contributed by atoms with van der Waals surface area (Å²) in [6.07, 6.45) is 8.51. The molecule has 0 atom stereocenters. The molecule has 88 valence electrons. The van der Waals surface area contributed by atoms with Gasteiger partial charge in [-0.3, -0.25) is 0 Å². The van der Waals surface area contributed by atoms with Crippen LogP contribution in [0.15, 0.2) is 38.0 Å². The van der Waals surface area contributed by atoms with Crippen LogP contribution in [-0.2, 0) is 0 Å². The fourth-order valence-corrected chi connectivity index (χ4v) is 1.81. The van der Waals surface area contributed by atoms with Crippen LogP contribution < -0.4 is 17.0 Å². The third-order valence-electron chi connectivity index (χ3n) is 2.54. The van der Waals surface area contributed by atoms with Crippen molar-refractivity contribution >= 4 is 0 Å². The van der Waals surface area contributed by atoms with Crippen LogP contribution in [0.25, 0.3) is 0 Å². The molecule has 0 spiro atoms. The molecule has 0 saturated heterocycles. The van der Waals surface area contributed by atoms with Crippen LogP contribution in [0, 0.1) is 0 Å². The Hall–Kier alpha value is -0.340. The van der Waals surface area contributed by atoms with Crippen LogP contribution in [0.3, 0.4) is 0 Å². The summed E-state index contributed by atoms with van der Waals surface area (Å²) in [5.41, 5.74) is 0. The van der Waals surface area contributed by atoms with E-state index in [0.717, 1.165) is 24.1 Å². The van der Waals surface area contributed by atoms with E-state index in [2.05, 4.69) is 26.7 Å². The van der Waals surface area contributed by atoms with Gasteiger partial charge in [-0.25, -0.2) is 0 Å². The van der Waals surface area contributed by atoms with Gasteiger partial charge in [0.05, 0.1) is 26.2 Å². The van der Waals surface area contributed by atoms with E-state index in [-0.39, 0.29) is 17.0 Å². The van der Waals surface area contributed by atoms with Crippen LogP contribution in [-0.4, -0.2) is 30.7 Å². The van der Waals surface area contributed by atoms with Crippen molar-refractivity contribution in [1.82, 2.24) is 0 Å². The van der Waals surface area contributed by atoms with Gasteiger partial charge in [-0.15, -0.1) is 0 Å². The SMILES string of the molecule is C=CC[N+](CC=C)(CC=C)CCCC.[Br-]. The van der Waals surface area contributed by atoms with Crippen molar-refractivity contribution in [3.8, 4) is 0 Å². The third-order valence-corrected chi connectivity index (χ3v) is 2.54. The summed E-state index contributed by atoms with van der Waals surface area (Å²) in [6.45, 7) is 18.0. The van der Waals surface area contributed by atoms with Crippen LogP contribution >= 0.6 is 0 Å². The van der Waals surface area contributed by atoms with Crippen molar-refractivity contribution in [3.05, 3.63) is 38.0 Å². The number of rotatable bonds is 9. The third kappa shape index (κ3) is 6.69. The summed E-state index contributed by atoms with van der Waals surface area (Å²) in [5, 5.41) is 0. The first-order valence-electron chi connectivity index (χ1n) is 5.42. The van der Waals surface area contributed by atoms with E-state index in [4.69, 9.17) is 0 Å². The molecule has 0 unspecified atom stereocenters. The van der Waals surface area contributed by atoms with Crippen molar-refractivity contribution in [2.75, 3.05) is 26.2 Å². The Labute approximate surface area is 106 Å². The molecule has 0 saturated carbocycles. The fraction of sp³-hybridized carbons (Fsp3) is 0.538. The second-order valence-corrected chi connectivity index (χ2v) is 3.83. The number of hydrogen-bond acceptors (Lipinski definition) is 0. The van der Waals surface area contributed by atoms with Gasteiger partial charge in [-0.2, -0.15) is 0 Å². The number of hydrogen-bond donors (Lipinski definition) is 0. The first-order valence-corrected chi connectivity index (χ1v) is 5.42. The maximum absolute atomic E-state index is 3.83. The molecule has 0 rings (SSSR count). The second kappa shape index (κ2) is 10.2. The maximum atomic E-state index is 3.83. The highest BCUT2D eigenvalue weighted by Gasteiger charge is 2.21. The van der Waals surface area contributed by atoms with Gasteiger partial charge in [0.25, 0.3) is 0 Å². The van der Waals surface area contributed by atoms with Gasteiger partial charge in [-0.05, 0) is 24.6 Å². The molecule has 0 aliphatic carbocycles. The largest absolute Gasteiger partial charge is 1.00 e. The normalized spacial score (nSPS) is 10.2. The fourth-order valence-electron chi connectivity index (χ4n) is 1.81. The van der Waals surface area contributed by atoms with Gasteiger partial charge in [0.15, 0.2) is 0 Å². The van der Waals surface area contributed by atoms with Crippen LogP contribution in [0.5, 0.6) is 0 Å². The summed E-state index contributed by atoms with van der Waals surface area (Å²) in [7, 11) is 0. The Kier molecular flexibility index (Phi) is 11.6. The lowest BCUT2D eigenvalue weighted by Gasteiger charge is -2.36.